The largest absolute Gasteiger partial charge is 0.341 e. The van der Waals surface area contributed by atoms with Crippen LogP contribution in [0.3, 0.4) is 0 Å². The number of nitrogens with zero attached hydrogens (tertiary/aromatic N) is 5. The van der Waals surface area contributed by atoms with Gasteiger partial charge in [-0.3, -0.25) is 14.5 Å². The van der Waals surface area contributed by atoms with Crippen LogP contribution in [0.4, 0.5) is 5.95 Å². The van der Waals surface area contributed by atoms with Crippen molar-refractivity contribution in [2.24, 2.45) is 0 Å². The fourth-order valence-corrected chi connectivity index (χ4v) is 5.08. The second kappa shape index (κ2) is 9.98. The molecule has 2 aliphatic heterocycles. The first-order valence-corrected chi connectivity index (χ1v) is 12.2. The van der Waals surface area contributed by atoms with E-state index >= 15 is 0 Å². The SMILES string of the molecule is CCN(CC)c1ncc2c(=O)[nH]c(C3CCN(CC(=O)N4CCCC[C@@H]4C)CC3)cc2n1. The molecule has 4 rings (SSSR count). The Morgan fingerprint density at radius 1 is 1.16 bits per heavy atom. The van der Waals surface area contributed by atoms with Gasteiger partial charge in [0, 0.05) is 43.5 Å². The lowest BCUT2D eigenvalue weighted by Gasteiger charge is -2.37. The van der Waals surface area contributed by atoms with Crippen molar-refractivity contribution in [1.82, 2.24) is 24.8 Å². The number of aromatic nitrogens is 3. The lowest BCUT2D eigenvalue weighted by molar-refractivity contribution is -0.135. The molecule has 0 bridgehead atoms. The maximum atomic E-state index is 12.8. The van der Waals surface area contributed by atoms with E-state index in [4.69, 9.17) is 0 Å². The summed E-state index contributed by atoms with van der Waals surface area (Å²) in [5.74, 6) is 1.20. The number of nitrogens with one attached hydrogen (secondary N) is 1. The second-order valence-electron chi connectivity index (χ2n) is 9.18. The number of pyridine rings is 1. The summed E-state index contributed by atoms with van der Waals surface area (Å²) in [6.07, 6.45) is 6.95. The summed E-state index contributed by atoms with van der Waals surface area (Å²) < 4.78 is 0. The predicted octanol–water partition coefficient (Wildman–Crippen LogP) is 2.74. The van der Waals surface area contributed by atoms with Crippen LogP contribution in [0.1, 0.15) is 64.5 Å². The highest BCUT2D eigenvalue weighted by Gasteiger charge is 2.27. The Morgan fingerprint density at radius 2 is 1.91 bits per heavy atom. The maximum absolute atomic E-state index is 12.8. The van der Waals surface area contributed by atoms with Crippen LogP contribution in [0, 0.1) is 0 Å². The normalized spacial score (nSPS) is 20.6. The number of likely N-dealkylation sites (tertiary alicyclic amines) is 2. The number of carbonyl (C=O) groups is 1. The van der Waals surface area contributed by atoms with E-state index in [1.165, 1.54) is 6.42 Å². The molecule has 2 saturated heterocycles. The third-order valence-electron chi connectivity index (χ3n) is 7.16. The molecule has 8 heteroatoms. The van der Waals surface area contributed by atoms with Crippen LogP contribution in [-0.4, -0.2) is 76.0 Å². The van der Waals surface area contributed by atoms with Crippen molar-refractivity contribution in [1.29, 1.82) is 0 Å². The zero-order chi connectivity index (χ0) is 22.7. The Hall–Kier alpha value is -2.48. The number of amides is 1. The van der Waals surface area contributed by atoms with Crippen LogP contribution in [0.15, 0.2) is 17.1 Å². The Morgan fingerprint density at radius 3 is 2.59 bits per heavy atom. The molecule has 8 nitrogen and oxygen atoms in total. The van der Waals surface area contributed by atoms with Gasteiger partial charge < -0.3 is 14.8 Å². The average Bonchev–Trinajstić information content (AvgIpc) is 2.80. The molecule has 2 aliphatic rings. The first-order valence-electron chi connectivity index (χ1n) is 12.2. The highest BCUT2D eigenvalue weighted by Crippen LogP contribution is 2.28. The van der Waals surface area contributed by atoms with Gasteiger partial charge in [0.15, 0.2) is 0 Å². The number of anilines is 1. The molecular formula is C24H36N6O2. The van der Waals surface area contributed by atoms with Gasteiger partial charge in [0.2, 0.25) is 11.9 Å². The van der Waals surface area contributed by atoms with Crippen molar-refractivity contribution in [2.75, 3.05) is 44.2 Å². The average molecular weight is 441 g/mol. The Balaban J connectivity index is 1.43. The fraction of sp³-hybridized carbons (Fsp3) is 0.667. The van der Waals surface area contributed by atoms with Crippen LogP contribution in [-0.2, 0) is 4.79 Å². The fourth-order valence-electron chi connectivity index (χ4n) is 5.08. The lowest BCUT2D eigenvalue weighted by atomic mass is 9.92. The van der Waals surface area contributed by atoms with Gasteiger partial charge in [0.05, 0.1) is 17.4 Å². The maximum Gasteiger partial charge on any atom is 0.259 e. The van der Waals surface area contributed by atoms with Crippen molar-refractivity contribution >= 4 is 22.8 Å². The van der Waals surface area contributed by atoms with Gasteiger partial charge in [-0.1, -0.05) is 0 Å². The van der Waals surface area contributed by atoms with E-state index in [9.17, 15) is 9.59 Å². The number of piperidine rings is 2. The highest BCUT2D eigenvalue weighted by atomic mass is 16.2. The van der Waals surface area contributed by atoms with Crippen LogP contribution >= 0.6 is 0 Å². The molecule has 2 fully saturated rings. The summed E-state index contributed by atoms with van der Waals surface area (Å²) in [5, 5.41) is 0.531. The molecular weight excluding hydrogens is 404 g/mol. The molecule has 0 radical (unpaired) electrons. The zero-order valence-corrected chi connectivity index (χ0v) is 19.6. The van der Waals surface area contributed by atoms with Gasteiger partial charge in [-0.2, -0.15) is 0 Å². The van der Waals surface area contributed by atoms with Crippen molar-refractivity contribution in [2.45, 2.75) is 64.8 Å². The molecule has 1 N–H and O–H groups in total. The molecule has 1 amide bonds. The van der Waals surface area contributed by atoms with Crippen molar-refractivity contribution < 1.29 is 4.79 Å². The quantitative estimate of drug-likeness (QED) is 0.743. The minimum Gasteiger partial charge on any atom is -0.341 e. The van der Waals surface area contributed by atoms with Gasteiger partial charge in [-0.15, -0.1) is 0 Å². The van der Waals surface area contributed by atoms with Gasteiger partial charge >= 0.3 is 0 Å². The number of hydrogen-bond donors (Lipinski definition) is 1. The first-order chi connectivity index (χ1) is 15.5. The summed E-state index contributed by atoms with van der Waals surface area (Å²) in [5.41, 5.74) is 1.53. The molecule has 32 heavy (non-hydrogen) atoms. The lowest BCUT2D eigenvalue weighted by Crippen LogP contribution is -2.48. The van der Waals surface area contributed by atoms with Gasteiger partial charge in [-0.05, 0) is 72.0 Å². The molecule has 0 aliphatic carbocycles. The monoisotopic (exact) mass is 440 g/mol. The van der Waals surface area contributed by atoms with Crippen LogP contribution in [0.2, 0.25) is 0 Å². The van der Waals surface area contributed by atoms with Crippen molar-refractivity contribution in [3.63, 3.8) is 0 Å². The van der Waals surface area contributed by atoms with Gasteiger partial charge in [0.25, 0.3) is 5.56 Å². The Labute approximate surface area is 190 Å². The van der Waals surface area contributed by atoms with E-state index in [2.05, 4.69) is 50.4 Å². The summed E-state index contributed by atoms with van der Waals surface area (Å²) in [7, 11) is 0. The summed E-state index contributed by atoms with van der Waals surface area (Å²) in [6, 6.07) is 2.38. The van der Waals surface area contributed by atoms with E-state index in [1.54, 1.807) is 6.20 Å². The number of H-pyrrole nitrogens is 1. The smallest absolute Gasteiger partial charge is 0.259 e. The van der Waals surface area contributed by atoms with Crippen molar-refractivity contribution in [3.8, 4) is 0 Å². The molecule has 174 valence electrons. The topological polar surface area (TPSA) is 85.4 Å². The minimum atomic E-state index is -0.125. The highest BCUT2D eigenvalue weighted by molar-refractivity contribution is 5.79. The molecule has 0 saturated carbocycles. The number of rotatable bonds is 6. The molecule has 2 aromatic rings. The Bertz CT molecular complexity index is 994. The number of fused-ring (bicyclic) bond motifs is 1. The predicted molar refractivity (Wildman–Crippen MR) is 127 cm³/mol. The number of carbonyl (C=O) groups excluding carboxylic acids is 1. The number of aromatic amines is 1. The molecule has 0 aromatic carbocycles. The van der Waals surface area contributed by atoms with Gasteiger partial charge in [-0.25, -0.2) is 9.97 Å². The van der Waals surface area contributed by atoms with Gasteiger partial charge in [0.1, 0.15) is 0 Å². The minimum absolute atomic E-state index is 0.125. The van der Waals surface area contributed by atoms with Crippen LogP contribution in [0.25, 0.3) is 10.9 Å². The molecule has 2 aromatic heterocycles. The molecule has 4 heterocycles. The summed E-state index contributed by atoms with van der Waals surface area (Å²) in [6.45, 7) is 11.1. The van der Waals surface area contributed by atoms with E-state index < -0.39 is 0 Å². The second-order valence-corrected chi connectivity index (χ2v) is 9.18. The number of hydrogen-bond acceptors (Lipinski definition) is 6. The third kappa shape index (κ3) is 4.80. The van der Waals surface area contributed by atoms with E-state index in [1.807, 2.05) is 6.07 Å². The third-order valence-corrected chi connectivity index (χ3v) is 7.16. The van der Waals surface area contributed by atoms with Crippen LogP contribution in [0.5, 0.6) is 0 Å². The standard InChI is InChI=1S/C24H36N6O2/c1-4-29(5-2)24-25-15-19-21(27-24)14-20(26-23(19)32)18-9-12-28(13-10-18)16-22(31)30-11-7-6-8-17(30)3/h14-15,17-18H,4-13,16H2,1-3H3,(H,26,32)/t17-/m0/s1. The van der Waals surface area contributed by atoms with Crippen molar-refractivity contribution in [3.05, 3.63) is 28.3 Å². The van der Waals surface area contributed by atoms with E-state index in [-0.39, 0.29) is 17.4 Å². The zero-order valence-electron chi connectivity index (χ0n) is 19.6. The Kier molecular flexibility index (Phi) is 7.08. The summed E-state index contributed by atoms with van der Waals surface area (Å²) in [4.78, 5) is 44.0. The van der Waals surface area contributed by atoms with Crippen LogP contribution < -0.4 is 10.5 Å². The molecule has 0 spiro atoms. The van der Waals surface area contributed by atoms with E-state index in [0.29, 0.717) is 29.4 Å². The first kappa shape index (κ1) is 22.7. The molecule has 1 atom stereocenters. The molecule has 0 unspecified atom stereocenters. The summed E-state index contributed by atoms with van der Waals surface area (Å²) >= 11 is 0. The van der Waals surface area contributed by atoms with E-state index in [0.717, 1.165) is 64.1 Å².